The van der Waals surface area contributed by atoms with Crippen molar-refractivity contribution in [2.24, 2.45) is 0 Å². The van der Waals surface area contributed by atoms with Crippen molar-refractivity contribution in [1.82, 2.24) is 5.32 Å². The second-order valence-electron chi connectivity index (χ2n) is 4.11. The molecule has 2 N–H and O–H groups in total. The van der Waals surface area contributed by atoms with Crippen LogP contribution < -0.4 is 14.8 Å². The number of hydrogen-bond acceptors (Lipinski definition) is 5. The molecule has 1 saturated heterocycles. The molecule has 2 atom stereocenters. The van der Waals surface area contributed by atoms with Crippen LogP contribution >= 0.6 is 11.8 Å². The summed E-state index contributed by atoms with van der Waals surface area (Å²) in [6.07, 6.45) is 0. The Labute approximate surface area is 116 Å². The maximum absolute atomic E-state index is 10.9. The molecule has 0 spiro atoms. The smallest absolute Gasteiger partial charge is 0.321 e. The van der Waals surface area contributed by atoms with Crippen LogP contribution in [0.25, 0.3) is 0 Å². The summed E-state index contributed by atoms with van der Waals surface area (Å²) in [6, 6.07) is 5.18. The summed E-state index contributed by atoms with van der Waals surface area (Å²) in [7, 11) is 1.59. The molecule has 1 aromatic rings. The lowest BCUT2D eigenvalue weighted by Gasteiger charge is -2.15. The van der Waals surface area contributed by atoms with Crippen molar-refractivity contribution in [3.8, 4) is 11.5 Å². The van der Waals surface area contributed by atoms with Crippen LogP contribution in [0.15, 0.2) is 18.2 Å². The van der Waals surface area contributed by atoms with Gasteiger partial charge < -0.3 is 14.6 Å². The summed E-state index contributed by atoms with van der Waals surface area (Å²) in [5.74, 6) is 1.12. The number of carboxylic acids is 1. The second kappa shape index (κ2) is 6.16. The number of rotatable bonds is 5. The Bertz CT molecular complexity index is 466. The fourth-order valence-corrected chi connectivity index (χ4v) is 3.15. The molecular formula is C13H17NO4S. The predicted octanol–water partition coefficient (Wildman–Crippen LogP) is 1.88. The van der Waals surface area contributed by atoms with E-state index in [-0.39, 0.29) is 5.37 Å². The van der Waals surface area contributed by atoms with Crippen LogP contribution in [-0.2, 0) is 4.79 Å². The van der Waals surface area contributed by atoms with Crippen LogP contribution in [0.4, 0.5) is 0 Å². The van der Waals surface area contributed by atoms with Crippen LogP contribution in [0.2, 0.25) is 0 Å². The minimum absolute atomic E-state index is 0.0225. The molecule has 0 amide bonds. The van der Waals surface area contributed by atoms with E-state index in [9.17, 15) is 4.79 Å². The topological polar surface area (TPSA) is 67.8 Å². The lowest BCUT2D eigenvalue weighted by atomic mass is 10.2. The van der Waals surface area contributed by atoms with Crippen molar-refractivity contribution in [3.05, 3.63) is 23.8 Å². The Morgan fingerprint density at radius 1 is 1.53 bits per heavy atom. The van der Waals surface area contributed by atoms with E-state index in [2.05, 4.69) is 5.32 Å². The first kappa shape index (κ1) is 14.0. The molecule has 0 bridgehead atoms. The Morgan fingerprint density at radius 2 is 2.32 bits per heavy atom. The maximum Gasteiger partial charge on any atom is 0.321 e. The van der Waals surface area contributed by atoms with Crippen LogP contribution in [-0.4, -0.2) is 36.6 Å². The van der Waals surface area contributed by atoms with Gasteiger partial charge in [0.2, 0.25) is 0 Å². The summed E-state index contributed by atoms with van der Waals surface area (Å²) in [5, 5.41) is 12.0. The average molecular weight is 283 g/mol. The van der Waals surface area contributed by atoms with Crippen molar-refractivity contribution in [1.29, 1.82) is 0 Å². The number of thioether (sulfide) groups is 1. The van der Waals surface area contributed by atoms with Crippen LogP contribution in [0, 0.1) is 0 Å². The van der Waals surface area contributed by atoms with Crippen molar-refractivity contribution in [3.63, 3.8) is 0 Å². The van der Waals surface area contributed by atoms with Crippen LogP contribution in [0.3, 0.4) is 0 Å². The molecule has 1 aromatic carbocycles. The molecule has 5 nitrogen and oxygen atoms in total. The third-order valence-corrected chi connectivity index (χ3v) is 4.14. The fraction of sp³-hybridized carbons (Fsp3) is 0.462. The van der Waals surface area contributed by atoms with Gasteiger partial charge in [-0.1, -0.05) is 6.07 Å². The summed E-state index contributed by atoms with van der Waals surface area (Å²) in [5.41, 5.74) is 0.994. The number of ether oxygens (including phenoxy) is 2. The number of carbonyl (C=O) groups is 1. The van der Waals surface area contributed by atoms with Crippen molar-refractivity contribution >= 4 is 17.7 Å². The highest BCUT2D eigenvalue weighted by atomic mass is 32.2. The van der Waals surface area contributed by atoms with Gasteiger partial charge in [-0.15, -0.1) is 11.8 Å². The molecule has 0 aliphatic carbocycles. The van der Waals surface area contributed by atoms with Crippen molar-refractivity contribution < 1.29 is 19.4 Å². The maximum atomic E-state index is 10.9. The normalized spacial score (nSPS) is 22.2. The first-order valence-electron chi connectivity index (χ1n) is 6.07. The number of aliphatic carboxylic acids is 1. The van der Waals surface area contributed by atoms with Gasteiger partial charge in [0, 0.05) is 5.75 Å². The van der Waals surface area contributed by atoms with Gasteiger partial charge in [-0.3, -0.25) is 10.1 Å². The van der Waals surface area contributed by atoms with Crippen LogP contribution in [0.5, 0.6) is 11.5 Å². The highest BCUT2D eigenvalue weighted by Crippen LogP contribution is 2.37. The van der Waals surface area contributed by atoms with E-state index in [1.807, 2.05) is 25.1 Å². The Hall–Kier alpha value is -1.40. The van der Waals surface area contributed by atoms with Gasteiger partial charge in [-0.25, -0.2) is 0 Å². The van der Waals surface area contributed by atoms with Gasteiger partial charge in [0.15, 0.2) is 11.5 Å². The summed E-state index contributed by atoms with van der Waals surface area (Å²) in [6.45, 7) is 2.49. The quantitative estimate of drug-likeness (QED) is 0.860. The van der Waals surface area contributed by atoms with Gasteiger partial charge in [0.25, 0.3) is 0 Å². The zero-order valence-electron chi connectivity index (χ0n) is 10.9. The number of benzene rings is 1. The van der Waals surface area contributed by atoms with Gasteiger partial charge in [-0.2, -0.15) is 0 Å². The molecule has 6 heteroatoms. The number of hydrogen-bond donors (Lipinski definition) is 2. The van der Waals surface area contributed by atoms with E-state index >= 15 is 0 Å². The first-order valence-corrected chi connectivity index (χ1v) is 7.11. The zero-order valence-corrected chi connectivity index (χ0v) is 11.7. The van der Waals surface area contributed by atoms with Gasteiger partial charge in [-0.05, 0) is 24.6 Å². The lowest BCUT2D eigenvalue weighted by molar-refractivity contribution is -0.138. The Balaban J connectivity index is 2.15. The van der Waals surface area contributed by atoms with Gasteiger partial charge >= 0.3 is 5.97 Å². The highest BCUT2D eigenvalue weighted by molar-refractivity contribution is 7.99. The van der Waals surface area contributed by atoms with E-state index in [0.717, 1.165) is 5.56 Å². The van der Waals surface area contributed by atoms with E-state index in [1.165, 1.54) is 0 Å². The lowest BCUT2D eigenvalue weighted by Crippen LogP contribution is -2.33. The molecule has 0 radical (unpaired) electrons. The first-order chi connectivity index (χ1) is 9.15. The minimum Gasteiger partial charge on any atom is -0.493 e. The molecule has 1 aliphatic heterocycles. The van der Waals surface area contributed by atoms with Crippen LogP contribution in [0.1, 0.15) is 17.9 Å². The minimum atomic E-state index is -0.812. The zero-order chi connectivity index (χ0) is 13.8. The molecule has 1 aliphatic rings. The average Bonchev–Trinajstić information content (AvgIpc) is 2.89. The Kier molecular flexibility index (Phi) is 4.55. The van der Waals surface area contributed by atoms with Crippen molar-refractivity contribution in [2.45, 2.75) is 18.3 Å². The SMILES string of the molecule is CCOc1ccc([C@H]2N[C@H](C(=O)O)CS2)cc1OC. The second-order valence-corrected chi connectivity index (χ2v) is 5.25. The number of carboxylic acid groups (broad SMARTS) is 1. The third-order valence-electron chi connectivity index (χ3n) is 2.87. The van der Waals surface area contributed by atoms with Crippen molar-refractivity contribution in [2.75, 3.05) is 19.5 Å². The molecular weight excluding hydrogens is 266 g/mol. The fourth-order valence-electron chi connectivity index (χ4n) is 1.93. The molecule has 104 valence electrons. The number of nitrogens with one attached hydrogen (secondary N) is 1. The van der Waals surface area contributed by atoms with E-state index in [4.69, 9.17) is 14.6 Å². The van der Waals surface area contributed by atoms with E-state index in [1.54, 1.807) is 18.9 Å². The predicted molar refractivity (Wildman–Crippen MR) is 73.9 cm³/mol. The van der Waals surface area contributed by atoms with E-state index in [0.29, 0.717) is 23.9 Å². The summed E-state index contributed by atoms with van der Waals surface area (Å²) in [4.78, 5) is 10.9. The molecule has 2 rings (SSSR count). The molecule has 1 fully saturated rings. The molecule has 19 heavy (non-hydrogen) atoms. The summed E-state index contributed by atoms with van der Waals surface area (Å²) >= 11 is 1.58. The van der Waals surface area contributed by atoms with Gasteiger partial charge in [0.05, 0.1) is 19.1 Å². The third kappa shape index (κ3) is 3.13. The molecule has 1 heterocycles. The van der Waals surface area contributed by atoms with E-state index < -0.39 is 12.0 Å². The highest BCUT2D eigenvalue weighted by Gasteiger charge is 2.30. The molecule has 0 unspecified atom stereocenters. The largest absolute Gasteiger partial charge is 0.493 e. The van der Waals surface area contributed by atoms with Gasteiger partial charge in [0.1, 0.15) is 6.04 Å². The molecule has 0 saturated carbocycles. The molecule has 0 aromatic heterocycles. The monoisotopic (exact) mass is 283 g/mol. The Morgan fingerprint density at radius 3 is 2.89 bits per heavy atom. The number of methoxy groups -OCH3 is 1. The summed E-state index contributed by atoms with van der Waals surface area (Å²) < 4.78 is 10.8. The standard InChI is InChI=1S/C13H17NO4S/c1-3-18-10-5-4-8(6-11(10)17-2)12-14-9(7-19-12)13(15)16/h4-6,9,12,14H,3,7H2,1-2H3,(H,15,16)/t9-,12-/m0/s1.